The van der Waals surface area contributed by atoms with Crippen molar-refractivity contribution in [2.75, 3.05) is 6.67 Å². The van der Waals surface area contributed by atoms with Crippen LogP contribution in [0.3, 0.4) is 0 Å². The molecule has 0 aromatic rings. The molecule has 9 nitrogen and oxygen atoms in total. The number of alkyl halides is 1. The zero-order valence-electron chi connectivity index (χ0n) is 13.6. The van der Waals surface area contributed by atoms with E-state index in [0.29, 0.717) is 0 Å². The number of esters is 4. The number of hydrogen-bond donors (Lipinski definition) is 0. The maximum absolute atomic E-state index is 13.3. The van der Waals surface area contributed by atoms with E-state index in [4.69, 9.17) is 23.7 Å². The lowest BCUT2D eigenvalue weighted by atomic mass is 9.98. The van der Waals surface area contributed by atoms with Gasteiger partial charge in [0.2, 0.25) is 12.4 Å². The Morgan fingerprint density at radius 1 is 0.750 bits per heavy atom. The SMILES string of the molecule is CC(=O)O[C@H]1O[C@@H](CF)[C@H](OC(C)=O)[C@@H](OC(C)=O)[C@H]1OC(C)=O. The molecule has 0 unspecified atom stereocenters. The standard InChI is InChI=1S/C14H19FO9/c1-6(16)20-11-10(5-15)24-14(23-9(4)19)13(22-8(3)18)12(11)21-7(2)17/h10-14H,5H2,1-4H3/t10-,11-,12+,13+,14-/m0/s1. The molecule has 0 spiro atoms. The van der Waals surface area contributed by atoms with E-state index in [2.05, 4.69) is 0 Å². The van der Waals surface area contributed by atoms with Crippen LogP contribution >= 0.6 is 0 Å². The van der Waals surface area contributed by atoms with Crippen LogP contribution in [0.1, 0.15) is 27.7 Å². The minimum Gasteiger partial charge on any atom is -0.456 e. The summed E-state index contributed by atoms with van der Waals surface area (Å²) >= 11 is 0. The van der Waals surface area contributed by atoms with Crippen LogP contribution in [0.15, 0.2) is 0 Å². The number of hydrogen-bond acceptors (Lipinski definition) is 9. The van der Waals surface area contributed by atoms with Gasteiger partial charge >= 0.3 is 23.9 Å². The zero-order valence-corrected chi connectivity index (χ0v) is 13.6. The van der Waals surface area contributed by atoms with Gasteiger partial charge in [-0.05, 0) is 0 Å². The van der Waals surface area contributed by atoms with Gasteiger partial charge in [-0.15, -0.1) is 0 Å². The number of carbonyl (C=O) groups is 4. The third-order valence-electron chi connectivity index (χ3n) is 2.93. The number of rotatable bonds is 5. The smallest absolute Gasteiger partial charge is 0.305 e. The van der Waals surface area contributed by atoms with E-state index in [-0.39, 0.29) is 0 Å². The minimum absolute atomic E-state index is 0.785. The van der Waals surface area contributed by atoms with E-state index in [9.17, 15) is 23.6 Å². The summed E-state index contributed by atoms with van der Waals surface area (Å²) < 4.78 is 38.4. The zero-order chi connectivity index (χ0) is 18.4. The Hall–Kier alpha value is -2.23. The molecule has 1 heterocycles. The van der Waals surface area contributed by atoms with Crippen molar-refractivity contribution >= 4 is 23.9 Å². The predicted octanol–water partition coefficient (Wildman–Crippen LogP) is 0.0390. The van der Waals surface area contributed by atoms with Crippen molar-refractivity contribution < 1.29 is 47.3 Å². The summed E-state index contributed by atoms with van der Waals surface area (Å²) in [4.78, 5) is 45.1. The first-order chi connectivity index (χ1) is 11.1. The third kappa shape index (κ3) is 5.44. The maximum Gasteiger partial charge on any atom is 0.305 e. The summed E-state index contributed by atoms with van der Waals surface area (Å²) in [5.41, 5.74) is 0. The molecule has 5 atom stereocenters. The molecule has 0 saturated carbocycles. The molecule has 1 fully saturated rings. The molecule has 10 heteroatoms. The molecule has 24 heavy (non-hydrogen) atoms. The van der Waals surface area contributed by atoms with Crippen LogP contribution in [0.2, 0.25) is 0 Å². The van der Waals surface area contributed by atoms with E-state index in [1.165, 1.54) is 0 Å². The van der Waals surface area contributed by atoms with E-state index in [0.717, 1.165) is 27.7 Å². The minimum atomic E-state index is -1.52. The van der Waals surface area contributed by atoms with Gasteiger partial charge in [-0.3, -0.25) is 19.2 Å². The second kappa shape index (κ2) is 8.57. The van der Waals surface area contributed by atoms with Crippen molar-refractivity contribution in [3.8, 4) is 0 Å². The highest BCUT2D eigenvalue weighted by Crippen LogP contribution is 2.29. The van der Waals surface area contributed by atoms with E-state index in [1.807, 2.05) is 0 Å². The van der Waals surface area contributed by atoms with Crippen LogP contribution in [0.25, 0.3) is 0 Å². The van der Waals surface area contributed by atoms with Crippen molar-refractivity contribution in [2.45, 2.75) is 58.4 Å². The number of halogens is 1. The van der Waals surface area contributed by atoms with Gasteiger partial charge in [0.25, 0.3) is 0 Å². The number of ether oxygens (including phenoxy) is 5. The first-order valence-electron chi connectivity index (χ1n) is 7.06. The maximum atomic E-state index is 13.3. The van der Waals surface area contributed by atoms with Crippen LogP contribution in [-0.4, -0.2) is 61.3 Å². The molecule has 1 rings (SSSR count). The molecule has 1 aliphatic rings. The second-order valence-corrected chi connectivity index (χ2v) is 5.03. The van der Waals surface area contributed by atoms with Gasteiger partial charge in [-0.2, -0.15) is 0 Å². The van der Waals surface area contributed by atoms with Gasteiger partial charge < -0.3 is 23.7 Å². The van der Waals surface area contributed by atoms with Crippen LogP contribution < -0.4 is 0 Å². The topological polar surface area (TPSA) is 114 Å². The van der Waals surface area contributed by atoms with E-state index >= 15 is 0 Å². The molecule has 0 radical (unpaired) electrons. The fourth-order valence-electron chi connectivity index (χ4n) is 2.24. The molecule has 0 bridgehead atoms. The largest absolute Gasteiger partial charge is 0.456 e. The molecule has 1 aliphatic heterocycles. The Kier molecular flexibility index (Phi) is 7.08. The molecule has 1 saturated heterocycles. The average Bonchev–Trinajstić information content (AvgIpc) is 2.42. The third-order valence-corrected chi connectivity index (χ3v) is 2.93. The normalized spacial score (nSPS) is 29.3. The fraction of sp³-hybridized carbons (Fsp3) is 0.714. The molecule has 0 aromatic carbocycles. The molecule has 0 aromatic heterocycles. The fourth-order valence-corrected chi connectivity index (χ4v) is 2.24. The quantitative estimate of drug-likeness (QED) is 0.500. The molecule has 136 valence electrons. The van der Waals surface area contributed by atoms with Gasteiger partial charge in [0.1, 0.15) is 12.8 Å². The van der Waals surface area contributed by atoms with E-state index < -0.39 is 61.3 Å². The first-order valence-corrected chi connectivity index (χ1v) is 7.06. The highest BCUT2D eigenvalue weighted by atomic mass is 19.1. The lowest BCUT2D eigenvalue weighted by Crippen LogP contribution is -2.62. The van der Waals surface area contributed by atoms with E-state index in [1.54, 1.807) is 0 Å². The summed E-state index contributed by atoms with van der Waals surface area (Å²) in [6, 6.07) is 0. The van der Waals surface area contributed by atoms with Gasteiger partial charge in [0.05, 0.1) is 0 Å². The highest BCUT2D eigenvalue weighted by Gasteiger charge is 2.53. The molecule has 0 aliphatic carbocycles. The molecular formula is C14H19FO9. The van der Waals surface area contributed by atoms with Crippen LogP contribution in [0, 0.1) is 0 Å². The van der Waals surface area contributed by atoms with Gasteiger partial charge in [-0.1, -0.05) is 0 Å². The van der Waals surface area contributed by atoms with Crippen LogP contribution in [0.5, 0.6) is 0 Å². The molecular weight excluding hydrogens is 331 g/mol. The van der Waals surface area contributed by atoms with Gasteiger partial charge in [-0.25, -0.2) is 4.39 Å². The summed E-state index contributed by atoms with van der Waals surface area (Å²) in [5, 5.41) is 0. The van der Waals surface area contributed by atoms with Gasteiger partial charge in [0.15, 0.2) is 12.2 Å². The van der Waals surface area contributed by atoms with Crippen molar-refractivity contribution in [3.63, 3.8) is 0 Å². The predicted molar refractivity (Wildman–Crippen MR) is 73.1 cm³/mol. The Balaban J connectivity index is 3.23. The Bertz CT molecular complexity index is 506. The van der Waals surface area contributed by atoms with Crippen molar-refractivity contribution in [1.29, 1.82) is 0 Å². The Morgan fingerprint density at radius 3 is 1.58 bits per heavy atom. The summed E-state index contributed by atoms with van der Waals surface area (Å²) in [6.07, 6.45) is -7.12. The van der Waals surface area contributed by atoms with Crippen molar-refractivity contribution in [1.82, 2.24) is 0 Å². The summed E-state index contributed by atoms with van der Waals surface area (Å²) in [5.74, 6) is -3.16. The van der Waals surface area contributed by atoms with Crippen LogP contribution in [-0.2, 0) is 42.9 Å². The lowest BCUT2D eigenvalue weighted by molar-refractivity contribution is -0.297. The van der Waals surface area contributed by atoms with Crippen molar-refractivity contribution in [2.24, 2.45) is 0 Å². The summed E-state index contributed by atoms with van der Waals surface area (Å²) in [7, 11) is 0. The Morgan fingerprint density at radius 2 is 1.17 bits per heavy atom. The highest BCUT2D eigenvalue weighted by molar-refractivity contribution is 5.69. The first kappa shape index (κ1) is 19.8. The molecule has 0 amide bonds. The van der Waals surface area contributed by atoms with Crippen molar-refractivity contribution in [3.05, 3.63) is 0 Å². The monoisotopic (exact) mass is 350 g/mol. The van der Waals surface area contributed by atoms with Crippen LogP contribution in [0.4, 0.5) is 4.39 Å². The summed E-state index contributed by atoms with van der Waals surface area (Å²) in [6.45, 7) is 3.14. The Labute approximate surface area is 137 Å². The second-order valence-electron chi connectivity index (χ2n) is 5.03. The lowest BCUT2D eigenvalue weighted by Gasteiger charge is -2.43. The number of carbonyl (C=O) groups excluding carboxylic acids is 4. The molecule has 0 N–H and O–H groups in total. The van der Waals surface area contributed by atoms with Gasteiger partial charge in [0, 0.05) is 27.7 Å². The average molecular weight is 350 g/mol.